The van der Waals surface area contributed by atoms with E-state index in [1.54, 1.807) is 12.1 Å². The lowest BCUT2D eigenvalue weighted by atomic mass is 10.1. The quantitative estimate of drug-likeness (QED) is 0.418. The minimum atomic E-state index is -0.558. The Kier molecular flexibility index (Phi) is 8.57. The van der Waals surface area contributed by atoms with E-state index >= 15 is 0 Å². The van der Waals surface area contributed by atoms with Crippen molar-refractivity contribution in [3.8, 4) is 11.5 Å². The van der Waals surface area contributed by atoms with Gasteiger partial charge in [0, 0.05) is 32.4 Å². The fraction of sp³-hybridized carbons (Fsp3) is 0.474. The van der Waals surface area contributed by atoms with Gasteiger partial charge in [-0.15, -0.1) is 0 Å². The van der Waals surface area contributed by atoms with Gasteiger partial charge in [-0.05, 0) is 12.8 Å². The first kappa shape index (κ1) is 21.5. The van der Waals surface area contributed by atoms with E-state index in [0.717, 1.165) is 25.0 Å². The molecule has 0 saturated heterocycles. The summed E-state index contributed by atoms with van der Waals surface area (Å²) in [5.74, 6) is 0.791. The smallest absolute Gasteiger partial charge is 0.343 e. The molecule has 0 saturated carbocycles. The molecule has 0 radical (unpaired) electrons. The van der Waals surface area contributed by atoms with E-state index in [1.807, 2.05) is 6.07 Å². The Labute approximate surface area is 164 Å². The highest BCUT2D eigenvalue weighted by Gasteiger charge is 2.22. The molecule has 1 heterocycles. The highest BCUT2D eigenvalue weighted by molar-refractivity contribution is 5.99. The van der Waals surface area contributed by atoms with Crippen LogP contribution in [0.1, 0.15) is 35.8 Å². The molecule has 9 heteroatoms. The van der Waals surface area contributed by atoms with Crippen molar-refractivity contribution < 1.29 is 28.5 Å². The summed E-state index contributed by atoms with van der Waals surface area (Å²) in [6.07, 6.45) is 3.01. The van der Waals surface area contributed by atoms with Crippen molar-refractivity contribution in [3.05, 3.63) is 29.5 Å². The number of nitrogens with one attached hydrogen (secondary N) is 2. The number of carbonyl (C=O) groups is 1. The summed E-state index contributed by atoms with van der Waals surface area (Å²) in [6.45, 7) is 2.13. The van der Waals surface area contributed by atoms with Gasteiger partial charge in [-0.25, -0.2) is 4.79 Å². The van der Waals surface area contributed by atoms with E-state index in [0.29, 0.717) is 17.3 Å². The number of carbonyl (C=O) groups excluding carboxylic acids is 1. The van der Waals surface area contributed by atoms with Gasteiger partial charge >= 0.3 is 5.97 Å². The maximum atomic E-state index is 12.4. The van der Waals surface area contributed by atoms with Gasteiger partial charge in [0.05, 0.1) is 18.5 Å². The molecule has 9 nitrogen and oxygen atoms in total. The summed E-state index contributed by atoms with van der Waals surface area (Å²) in [4.78, 5) is 12.4. The number of methoxy groups -OCH3 is 3. The van der Waals surface area contributed by atoms with Crippen LogP contribution in [0.2, 0.25) is 0 Å². The molecule has 2 N–H and O–H groups in total. The number of nitrogens with zero attached hydrogens (tertiary/aromatic N) is 1. The molecule has 0 aliphatic rings. The fourth-order valence-electron chi connectivity index (χ4n) is 2.51. The number of hydrogen-bond donors (Lipinski definition) is 2. The van der Waals surface area contributed by atoms with Crippen LogP contribution in [-0.4, -0.2) is 51.1 Å². The van der Waals surface area contributed by atoms with Gasteiger partial charge in [0.15, 0.2) is 13.6 Å². The molecular weight excluding hydrogens is 366 g/mol. The van der Waals surface area contributed by atoms with Gasteiger partial charge in [-0.1, -0.05) is 13.3 Å². The van der Waals surface area contributed by atoms with Crippen molar-refractivity contribution in [1.82, 2.24) is 10.2 Å². The number of aryl methyl sites for hydroxylation is 1. The van der Waals surface area contributed by atoms with E-state index < -0.39 is 5.97 Å². The lowest BCUT2D eigenvalue weighted by Crippen LogP contribution is -2.11. The Bertz CT molecular complexity index is 762. The van der Waals surface area contributed by atoms with Crippen molar-refractivity contribution in [3.63, 3.8) is 0 Å². The van der Waals surface area contributed by atoms with E-state index in [-0.39, 0.29) is 24.9 Å². The van der Waals surface area contributed by atoms with E-state index in [4.69, 9.17) is 23.7 Å². The number of benzene rings is 1. The number of hydrogen-bond acceptors (Lipinski definition) is 8. The van der Waals surface area contributed by atoms with Crippen molar-refractivity contribution in [1.29, 1.82) is 0 Å². The second-order valence-electron chi connectivity index (χ2n) is 5.94. The molecule has 0 aliphatic carbocycles. The van der Waals surface area contributed by atoms with Gasteiger partial charge in [-0.3, -0.25) is 5.10 Å². The number of rotatable bonds is 12. The molecule has 0 bridgehead atoms. The molecule has 0 fully saturated rings. The third kappa shape index (κ3) is 5.86. The molecule has 28 heavy (non-hydrogen) atoms. The standard InChI is InChI=1S/C19H27N3O6/c1-5-6-7-13-8-17(22-21-13)20-15-9-14(27-11-24-2)10-16(28-12-25-3)18(15)19(23)26-4/h8-10H,5-7,11-12H2,1-4H3,(H2,20,21,22). The molecule has 0 atom stereocenters. The number of ether oxygens (including phenoxy) is 5. The minimum Gasteiger partial charge on any atom is -0.467 e. The maximum absolute atomic E-state index is 12.4. The normalized spacial score (nSPS) is 10.6. The lowest BCUT2D eigenvalue weighted by Gasteiger charge is -2.17. The van der Waals surface area contributed by atoms with E-state index in [9.17, 15) is 4.79 Å². The van der Waals surface area contributed by atoms with Gasteiger partial charge < -0.3 is 29.0 Å². The van der Waals surface area contributed by atoms with E-state index in [2.05, 4.69) is 22.4 Å². The van der Waals surface area contributed by atoms with Gasteiger partial charge in [-0.2, -0.15) is 5.10 Å². The monoisotopic (exact) mass is 393 g/mol. The molecular formula is C19H27N3O6. The fourth-order valence-corrected chi connectivity index (χ4v) is 2.51. The van der Waals surface area contributed by atoms with Crippen molar-refractivity contribution >= 4 is 17.5 Å². The zero-order valence-corrected chi connectivity index (χ0v) is 16.7. The Morgan fingerprint density at radius 3 is 2.54 bits per heavy atom. The number of esters is 1. The molecule has 2 aromatic rings. The molecule has 2 rings (SSSR count). The summed E-state index contributed by atoms with van der Waals surface area (Å²) in [5, 5.41) is 10.4. The average molecular weight is 393 g/mol. The molecule has 0 amide bonds. The molecule has 154 valence electrons. The zero-order valence-electron chi connectivity index (χ0n) is 16.7. The van der Waals surface area contributed by atoms with Crippen LogP contribution < -0.4 is 14.8 Å². The van der Waals surface area contributed by atoms with Crippen LogP contribution in [0.25, 0.3) is 0 Å². The van der Waals surface area contributed by atoms with Crippen LogP contribution in [0.4, 0.5) is 11.5 Å². The lowest BCUT2D eigenvalue weighted by molar-refractivity contribution is 0.0436. The topological polar surface area (TPSA) is 104 Å². The van der Waals surface area contributed by atoms with Gasteiger partial charge in [0.2, 0.25) is 0 Å². The Morgan fingerprint density at radius 2 is 1.86 bits per heavy atom. The first-order chi connectivity index (χ1) is 13.6. The van der Waals surface area contributed by atoms with Gasteiger partial charge in [0.25, 0.3) is 0 Å². The Hall–Kier alpha value is -2.78. The number of aromatic nitrogens is 2. The summed E-state index contributed by atoms with van der Waals surface area (Å²) < 4.78 is 25.9. The predicted molar refractivity (Wildman–Crippen MR) is 103 cm³/mol. The number of H-pyrrole nitrogens is 1. The summed E-state index contributed by atoms with van der Waals surface area (Å²) in [6, 6.07) is 5.14. The first-order valence-electron chi connectivity index (χ1n) is 8.94. The van der Waals surface area contributed by atoms with Crippen molar-refractivity contribution in [2.75, 3.05) is 40.2 Å². The summed E-state index contributed by atoms with van der Waals surface area (Å²) in [5.41, 5.74) is 1.60. The molecule has 0 spiro atoms. The molecule has 0 aliphatic heterocycles. The van der Waals surface area contributed by atoms with Crippen molar-refractivity contribution in [2.45, 2.75) is 26.2 Å². The highest BCUT2D eigenvalue weighted by atomic mass is 16.7. The number of anilines is 2. The highest BCUT2D eigenvalue weighted by Crippen LogP contribution is 2.35. The SMILES string of the molecule is CCCCc1cc(Nc2cc(OCOC)cc(OCOC)c2C(=O)OC)[nH]n1. The Morgan fingerprint density at radius 1 is 1.11 bits per heavy atom. The second-order valence-corrected chi connectivity index (χ2v) is 5.94. The molecule has 1 aromatic heterocycles. The second kappa shape index (κ2) is 11.2. The van der Waals surface area contributed by atoms with Crippen molar-refractivity contribution in [2.24, 2.45) is 0 Å². The first-order valence-corrected chi connectivity index (χ1v) is 8.94. The average Bonchev–Trinajstić information content (AvgIpc) is 3.15. The summed E-state index contributed by atoms with van der Waals surface area (Å²) in [7, 11) is 4.32. The molecule has 1 aromatic carbocycles. The van der Waals surface area contributed by atoms with Crippen LogP contribution >= 0.6 is 0 Å². The minimum absolute atomic E-state index is 0.0393. The zero-order chi connectivity index (χ0) is 20.4. The third-order valence-electron chi connectivity index (χ3n) is 3.83. The summed E-state index contributed by atoms with van der Waals surface area (Å²) >= 11 is 0. The number of unbranched alkanes of at least 4 members (excludes halogenated alkanes) is 1. The van der Waals surface area contributed by atoms with Crippen LogP contribution in [0, 0.1) is 0 Å². The predicted octanol–water partition coefficient (Wildman–Crippen LogP) is 3.25. The van der Waals surface area contributed by atoms with Crippen LogP contribution in [0.15, 0.2) is 18.2 Å². The third-order valence-corrected chi connectivity index (χ3v) is 3.83. The van der Waals surface area contributed by atoms with Crippen LogP contribution in [0.5, 0.6) is 11.5 Å². The largest absolute Gasteiger partial charge is 0.467 e. The maximum Gasteiger partial charge on any atom is 0.343 e. The van der Waals surface area contributed by atoms with Crippen LogP contribution in [-0.2, 0) is 20.6 Å². The van der Waals surface area contributed by atoms with Crippen LogP contribution in [0.3, 0.4) is 0 Å². The number of aromatic amines is 1. The van der Waals surface area contributed by atoms with Gasteiger partial charge in [0.1, 0.15) is 22.9 Å². The molecule has 0 unspecified atom stereocenters. The van der Waals surface area contributed by atoms with E-state index in [1.165, 1.54) is 21.3 Å². The Balaban J connectivity index is 2.39.